The van der Waals surface area contributed by atoms with Crippen LogP contribution in [0.2, 0.25) is 5.02 Å². The van der Waals surface area contributed by atoms with Crippen LogP contribution in [-0.4, -0.2) is 35.9 Å². The first-order chi connectivity index (χ1) is 8.87. The molecule has 9 heteroatoms. The Morgan fingerprint density at radius 2 is 2.21 bits per heavy atom. The van der Waals surface area contributed by atoms with Gasteiger partial charge in [-0.2, -0.15) is 13.2 Å². The van der Waals surface area contributed by atoms with Gasteiger partial charge in [0.1, 0.15) is 24.3 Å². The van der Waals surface area contributed by atoms with Crippen molar-refractivity contribution in [3.05, 3.63) is 23.0 Å². The zero-order valence-corrected chi connectivity index (χ0v) is 12.0. The number of halogens is 5. The number of ether oxygens (including phenoxy) is 1. The maximum absolute atomic E-state index is 12.0. The van der Waals surface area contributed by atoms with E-state index in [1.165, 1.54) is 13.2 Å². The van der Waals surface area contributed by atoms with Crippen LogP contribution in [0.25, 0.3) is 0 Å². The number of nitrogens with zero attached hydrogens (tertiary/aromatic N) is 2. The van der Waals surface area contributed by atoms with Crippen molar-refractivity contribution in [3.8, 4) is 5.75 Å². The van der Waals surface area contributed by atoms with Crippen molar-refractivity contribution < 1.29 is 22.7 Å². The standard InChI is InChI=1S/C10H9BrClF3N2O2/c1-18-17-8(3-11)9-7(12)2-6(4-16-9)19-5-10(13,14)15/h2,4H,3,5H2,1H3. The SMILES string of the molecule is CON=C(CBr)c1ncc(OCC(F)(F)F)cc1Cl. The van der Waals surface area contributed by atoms with Gasteiger partial charge < -0.3 is 9.57 Å². The molecule has 1 aromatic heterocycles. The normalized spacial score (nSPS) is 12.4. The third-order valence-electron chi connectivity index (χ3n) is 1.82. The molecule has 1 aromatic rings. The van der Waals surface area contributed by atoms with Crippen LogP contribution in [0.5, 0.6) is 5.75 Å². The molecule has 0 aromatic carbocycles. The van der Waals surface area contributed by atoms with E-state index in [9.17, 15) is 13.2 Å². The number of hydrogen-bond donors (Lipinski definition) is 0. The lowest BCUT2D eigenvalue weighted by Crippen LogP contribution is -2.19. The molecule has 0 atom stereocenters. The van der Waals surface area contributed by atoms with Crippen LogP contribution in [0.1, 0.15) is 5.69 Å². The summed E-state index contributed by atoms with van der Waals surface area (Å²) in [6, 6.07) is 1.24. The maximum Gasteiger partial charge on any atom is 0.422 e. The van der Waals surface area contributed by atoms with E-state index < -0.39 is 12.8 Å². The second kappa shape index (κ2) is 6.95. The fraction of sp³-hybridized carbons (Fsp3) is 0.400. The highest BCUT2D eigenvalue weighted by Gasteiger charge is 2.28. The Hall–Kier alpha value is -1.02. The topological polar surface area (TPSA) is 43.7 Å². The molecule has 0 saturated heterocycles. The van der Waals surface area contributed by atoms with Gasteiger partial charge in [0, 0.05) is 6.07 Å². The van der Waals surface area contributed by atoms with Crippen LogP contribution in [0.4, 0.5) is 13.2 Å². The molecule has 0 unspecified atom stereocenters. The molecule has 0 radical (unpaired) electrons. The van der Waals surface area contributed by atoms with Crippen LogP contribution in [-0.2, 0) is 4.84 Å². The van der Waals surface area contributed by atoms with Crippen LogP contribution < -0.4 is 4.74 Å². The van der Waals surface area contributed by atoms with E-state index in [-0.39, 0.29) is 10.8 Å². The van der Waals surface area contributed by atoms with Gasteiger partial charge in [-0.3, -0.25) is 0 Å². The molecule has 1 rings (SSSR count). The van der Waals surface area contributed by atoms with Gasteiger partial charge in [-0.05, 0) is 0 Å². The average Bonchev–Trinajstić information content (AvgIpc) is 2.33. The number of pyridine rings is 1. The smallest absolute Gasteiger partial charge is 0.422 e. The van der Waals surface area contributed by atoms with Crippen molar-refractivity contribution in [2.45, 2.75) is 6.18 Å². The Kier molecular flexibility index (Phi) is 5.86. The Morgan fingerprint density at radius 3 is 2.68 bits per heavy atom. The Bertz CT molecular complexity index is 469. The molecule has 0 spiro atoms. The highest BCUT2D eigenvalue weighted by atomic mass is 79.9. The van der Waals surface area contributed by atoms with E-state index in [2.05, 4.69) is 35.6 Å². The van der Waals surface area contributed by atoms with E-state index in [0.717, 1.165) is 6.20 Å². The highest BCUT2D eigenvalue weighted by Crippen LogP contribution is 2.23. The zero-order chi connectivity index (χ0) is 14.5. The van der Waals surface area contributed by atoms with Gasteiger partial charge in [0.15, 0.2) is 6.61 Å². The van der Waals surface area contributed by atoms with E-state index in [4.69, 9.17) is 11.6 Å². The fourth-order valence-electron chi connectivity index (χ4n) is 1.12. The minimum absolute atomic E-state index is 0.0718. The summed E-state index contributed by atoms with van der Waals surface area (Å²) >= 11 is 9.08. The third kappa shape index (κ3) is 5.23. The molecule has 0 aliphatic heterocycles. The first-order valence-electron chi connectivity index (χ1n) is 4.89. The van der Waals surface area contributed by atoms with Gasteiger partial charge in [0.2, 0.25) is 0 Å². The summed E-state index contributed by atoms with van der Waals surface area (Å²) in [4.78, 5) is 8.51. The first-order valence-corrected chi connectivity index (χ1v) is 6.38. The van der Waals surface area contributed by atoms with Crippen molar-refractivity contribution in [1.82, 2.24) is 4.98 Å². The fourth-order valence-corrected chi connectivity index (χ4v) is 1.75. The van der Waals surface area contributed by atoms with E-state index in [1.54, 1.807) is 0 Å². The summed E-state index contributed by atoms with van der Waals surface area (Å²) in [6.07, 6.45) is -3.27. The molecular weight excluding hydrogens is 352 g/mol. The van der Waals surface area contributed by atoms with Gasteiger partial charge in [-0.25, -0.2) is 4.98 Å². The number of oxime groups is 1. The van der Waals surface area contributed by atoms with Gasteiger partial charge >= 0.3 is 6.18 Å². The summed E-state index contributed by atoms with van der Waals surface area (Å²) < 4.78 is 40.5. The van der Waals surface area contributed by atoms with Crippen molar-refractivity contribution in [3.63, 3.8) is 0 Å². The summed E-state index contributed by atoms with van der Waals surface area (Å²) in [7, 11) is 1.36. The molecule has 0 fully saturated rings. The quantitative estimate of drug-likeness (QED) is 0.458. The third-order valence-corrected chi connectivity index (χ3v) is 2.64. The molecule has 0 aliphatic rings. The predicted octanol–water partition coefficient (Wildman–Crippen LogP) is 3.42. The number of aromatic nitrogens is 1. The van der Waals surface area contributed by atoms with E-state index >= 15 is 0 Å². The molecule has 4 nitrogen and oxygen atoms in total. The minimum atomic E-state index is -4.41. The number of rotatable bonds is 5. The second-order valence-corrected chi connectivity index (χ2v) is 4.23. The van der Waals surface area contributed by atoms with Gasteiger partial charge in [0.25, 0.3) is 0 Å². The summed E-state index contributed by atoms with van der Waals surface area (Å²) in [5.74, 6) is -0.0718. The molecule has 106 valence electrons. The molecule has 0 bridgehead atoms. The summed E-state index contributed by atoms with van der Waals surface area (Å²) in [5.41, 5.74) is 0.717. The molecule has 0 saturated carbocycles. The van der Waals surface area contributed by atoms with Crippen LogP contribution in [0.15, 0.2) is 17.4 Å². The number of hydrogen-bond acceptors (Lipinski definition) is 4. The van der Waals surface area contributed by atoms with Gasteiger partial charge in [-0.1, -0.05) is 32.7 Å². The van der Waals surface area contributed by atoms with Crippen molar-refractivity contribution in [1.29, 1.82) is 0 Å². The Labute approximate surface area is 120 Å². The van der Waals surface area contributed by atoms with E-state index in [0.29, 0.717) is 16.7 Å². The highest BCUT2D eigenvalue weighted by molar-refractivity contribution is 9.09. The number of alkyl halides is 4. The van der Waals surface area contributed by atoms with Crippen molar-refractivity contribution >= 4 is 33.2 Å². The minimum Gasteiger partial charge on any atom is -0.482 e. The summed E-state index contributed by atoms with van der Waals surface area (Å²) in [5, 5.41) is 4.14. The lowest BCUT2D eigenvalue weighted by atomic mass is 10.2. The predicted molar refractivity (Wildman–Crippen MR) is 68.1 cm³/mol. The Morgan fingerprint density at radius 1 is 1.53 bits per heavy atom. The van der Waals surface area contributed by atoms with Gasteiger partial charge in [0.05, 0.1) is 16.5 Å². The van der Waals surface area contributed by atoms with Crippen LogP contribution >= 0.6 is 27.5 Å². The Balaban J connectivity index is 2.88. The summed E-state index contributed by atoms with van der Waals surface area (Å²) in [6.45, 7) is -1.40. The zero-order valence-electron chi connectivity index (χ0n) is 9.67. The van der Waals surface area contributed by atoms with Gasteiger partial charge in [-0.15, -0.1) is 0 Å². The van der Waals surface area contributed by atoms with Crippen molar-refractivity contribution in [2.24, 2.45) is 5.16 Å². The first kappa shape index (κ1) is 16.0. The molecule has 0 N–H and O–H groups in total. The van der Waals surface area contributed by atoms with Crippen molar-refractivity contribution in [2.75, 3.05) is 19.0 Å². The largest absolute Gasteiger partial charge is 0.482 e. The molecular formula is C10H9BrClF3N2O2. The lowest BCUT2D eigenvalue weighted by Gasteiger charge is -2.10. The molecule has 1 heterocycles. The lowest BCUT2D eigenvalue weighted by molar-refractivity contribution is -0.153. The van der Waals surface area contributed by atoms with Crippen LogP contribution in [0, 0.1) is 0 Å². The monoisotopic (exact) mass is 360 g/mol. The van der Waals surface area contributed by atoms with Crippen LogP contribution in [0.3, 0.4) is 0 Å². The average molecular weight is 362 g/mol. The second-order valence-electron chi connectivity index (χ2n) is 3.26. The molecule has 19 heavy (non-hydrogen) atoms. The molecule has 0 amide bonds. The van der Waals surface area contributed by atoms with E-state index in [1.807, 2.05) is 0 Å². The maximum atomic E-state index is 12.0. The molecule has 0 aliphatic carbocycles.